The van der Waals surface area contributed by atoms with Crippen LogP contribution in [0.15, 0.2) is 39.2 Å². The van der Waals surface area contributed by atoms with Crippen molar-refractivity contribution in [1.82, 2.24) is 5.32 Å². The van der Waals surface area contributed by atoms with Crippen molar-refractivity contribution in [2.24, 2.45) is 0 Å². The van der Waals surface area contributed by atoms with Crippen LogP contribution in [0.25, 0.3) is 11.3 Å². The molecule has 0 aliphatic heterocycles. The van der Waals surface area contributed by atoms with Gasteiger partial charge in [0.25, 0.3) is 0 Å². The van der Waals surface area contributed by atoms with Crippen molar-refractivity contribution in [3.05, 3.63) is 46.4 Å². The highest BCUT2D eigenvalue weighted by molar-refractivity contribution is 9.10. The number of nitrogens with one attached hydrogen (secondary N) is 1. The van der Waals surface area contributed by atoms with Gasteiger partial charge in [-0.3, -0.25) is 0 Å². The zero-order valence-electron chi connectivity index (χ0n) is 10.3. The minimum atomic E-state index is -0.272. The van der Waals surface area contributed by atoms with Crippen molar-refractivity contribution in [2.75, 3.05) is 6.54 Å². The first-order valence-corrected chi connectivity index (χ1v) is 6.69. The Hall–Kier alpha value is -1.13. The molecule has 0 fully saturated rings. The van der Waals surface area contributed by atoms with Crippen LogP contribution in [0.4, 0.5) is 4.39 Å². The summed E-state index contributed by atoms with van der Waals surface area (Å²) in [5.41, 5.74) is 0.859. The molecule has 1 aromatic carbocycles. The average Bonchev–Trinajstić information content (AvgIpc) is 2.82. The minimum absolute atomic E-state index is 0.174. The Morgan fingerprint density at radius 1 is 1.33 bits per heavy atom. The van der Waals surface area contributed by atoms with Gasteiger partial charge in [0.15, 0.2) is 0 Å². The second-order valence-electron chi connectivity index (χ2n) is 4.11. The van der Waals surface area contributed by atoms with Crippen molar-refractivity contribution in [2.45, 2.75) is 19.9 Å². The second-order valence-corrected chi connectivity index (χ2v) is 4.96. The number of halogens is 2. The van der Waals surface area contributed by atoms with Crippen LogP contribution in [-0.4, -0.2) is 6.54 Å². The molecule has 1 N–H and O–H groups in total. The predicted octanol–water partition coefficient (Wildman–Crippen LogP) is 4.52. The Bertz CT molecular complexity index is 538. The molecule has 18 heavy (non-hydrogen) atoms. The number of rotatable bonds is 4. The summed E-state index contributed by atoms with van der Waals surface area (Å²) >= 11 is 3.17. The molecule has 0 amide bonds. The van der Waals surface area contributed by atoms with Gasteiger partial charge in [-0.2, -0.15) is 0 Å². The number of hydrogen-bond acceptors (Lipinski definition) is 2. The Labute approximate surface area is 114 Å². The van der Waals surface area contributed by atoms with Crippen LogP contribution in [0.1, 0.15) is 25.6 Å². The Kier molecular flexibility index (Phi) is 4.19. The summed E-state index contributed by atoms with van der Waals surface area (Å²) in [6.07, 6.45) is 0. The summed E-state index contributed by atoms with van der Waals surface area (Å²) in [7, 11) is 0. The molecule has 2 nitrogen and oxygen atoms in total. The summed E-state index contributed by atoms with van der Waals surface area (Å²) in [5.74, 6) is 1.36. The molecule has 0 bridgehead atoms. The van der Waals surface area contributed by atoms with Gasteiger partial charge in [0.1, 0.15) is 17.3 Å². The quantitative estimate of drug-likeness (QED) is 0.898. The smallest absolute Gasteiger partial charge is 0.137 e. The fourth-order valence-electron chi connectivity index (χ4n) is 1.80. The summed E-state index contributed by atoms with van der Waals surface area (Å²) in [6, 6.07) is 8.88. The summed E-state index contributed by atoms with van der Waals surface area (Å²) < 4.78 is 19.4. The summed E-state index contributed by atoms with van der Waals surface area (Å²) in [6.45, 7) is 4.99. The van der Waals surface area contributed by atoms with Gasteiger partial charge in [-0.1, -0.05) is 6.92 Å². The van der Waals surface area contributed by atoms with Crippen LogP contribution in [0, 0.1) is 5.82 Å². The van der Waals surface area contributed by atoms with Gasteiger partial charge in [0, 0.05) is 5.56 Å². The summed E-state index contributed by atoms with van der Waals surface area (Å²) in [5, 5.41) is 3.28. The van der Waals surface area contributed by atoms with Crippen LogP contribution in [-0.2, 0) is 0 Å². The van der Waals surface area contributed by atoms with Crippen LogP contribution < -0.4 is 5.32 Å². The molecule has 0 saturated carbocycles. The normalized spacial score (nSPS) is 12.7. The van der Waals surface area contributed by atoms with E-state index >= 15 is 0 Å². The molecule has 2 rings (SSSR count). The van der Waals surface area contributed by atoms with Gasteiger partial charge in [0.2, 0.25) is 0 Å². The number of furan rings is 1. The van der Waals surface area contributed by atoms with Crippen molar-refractivity contribution >= 4 is 15.9 Å². The van der Waals surface area contributed by atoms with Crippen LogP contribution in [0.5, 0.6) is 0 Å². The highest BCUT2D eigenvalue weighted by Crippen LogP contribution is 2.28. The fraction of sp³-hybridized carbons (Fsp3) is 0.286. The molecule has 0 saturated heterocycles. The van der Waals surface area contributed by atoms with E-state index in [1.807, 2.05) is 19.1 Å². The topological polar surface area (TPSA) is 25.2 Å². The van der Waals surface area contributed by atoms with Crippen molar-refractivity contribution in [3.63, 3.8) is 0 Å². The van der Waals surface area contributed by atoms with E-state index in [9.17, 15) is 4.39 Å². The van der Waals surface area contributed by atoms with Crippen molar-refractivity contribution < 1.29 is 8.81 Å². The molecule has 1 aromatic heterocycles. The molecule has 0 spiro atoms. The first kappa shape index (κ1) is 13.3. The Morgan fingerprint density at radius 3 is 2.78 bits per heavy atom. The minimum Gasteiger partial charge on any atom is -0.459 e. The maximum Gasteiger partial charge on any atom is 0.137 e. The lowest BCUT2D eigenvalue weighted by Gasteiger charge is -2.08. The fourth-order valence-corrected chi connectivity index (χ4v) is 2.18. The van der Waals surface area contributed by atoms with E-state index in [0.29, 0.717) is 4.47 Å². The van der Waals surface area contributed by atoms with E-state index in [2.05, 4.69) is 28.2 Å². The average molecular weight is 312 g/mol. The van der Waals surface area contributed by atoms with Crippen LogP contribution in [0.2, 0.25) is 0 Å². The molecule has 1 atom stereocenters. The lowest BCUT2D eigenvalue weighted by Crippen LogP contribution is -2.16. The number of benzene rings is 1. The molecular formula is C14H15BrFNO. The van der Waals surface area contributed by atoms with E-state index in [1.165, 1.54) is 6.07 Å². The molecule has 2 aromatic rings. The van der Waals surface area contributed by atoms with Gasteiger partial charge in [-0.05, 0) is 59.7 Å². The molecule has 4 heteroatoms. The van der Waals surface area contributed by atoms with Gasteiger partial charge in [-0.25, -0.2) is 4.39 Å². The van der Waals surface area contributed by atoms with E-state index < -0.39 is 0 Å². The van der Waals surface area contributed by atoms with Crippen LogP contribution in [0.3, 0.4) is 0 Å². The first-order valence-electron chi connectivity index (χ1n) is 5.90. The lowest BCUT2D eigenvalue weighted by molar-refractivity contribution is 0.445. The van der Waals surface area contributed by atoms with Gasteiger partial charge in [0.05, 0.1) is 10.5 Å². The second kappa shape index (κ2) is 5.67. The third kappa shape index (κ3) is 2.82. The van der Waals surface area contributed by atoms with E-state index in [4.69, 9.17) is 4.42 Å². The van der Waals surface area contributed by atoms with E-state index in [0.717, 1.165) is 23.6 Å². The van der Waals surface area contributed by atoms with Gasteiger partial charge >= 0.3 is 0 Å². The molecule has 0 aliphatic carbocycles. The highest BCUT2D eigenvalue weighted by Gasteiger charge is 2.11. The predicted molar refractivity (Wildman–Crippen MR) is 73.9 cm³/mol. The third-order valence-corrected chi connectivity index (χ3v) is 3.38. The standard InChI is InChI=1S/C14H15BrFNO/c1-3-17-9(2)13-6-7-14(18-13)10-4-5-12(16)11(15)8-10/h4-9,17H,3H2,1-2H3. The highest BCUT2D eigenvalue weighted by atomic mass is 79.9. The molecule has 1 unspecified atom stereocenters. The monoisotopic (exact) mass is 311 g/mol. The maximum atomic E-state index is 13.2. The molecule has 1 heterocycles. The molecular weight excluding hydrogens is 297 g/mol. The number of hydrogen-bond donors (Lipinski definition) is 1. The van der Waals surface area contributed by atoms with Crippen molar-refractivity contribution in [1.29, 1.82) is 0 Å². The Balaban J connectivity index is 2.26. The Morgan fingerprint density at radius 2 is 2.11 bits per heavy atom. The molecule has 0 radical (unpaired) electrons. The molecule has 96 valence electrons. The van der Waals surface area contributed by atoms with Gasteiger partial charge < -0.3 is 9.73 Å². The van der Waals surface area contributed by atoms with E-state index in [1.54, 1.807) is 12.1 Å². The SMILES string of the molecule is CCNC(C)c1ccc(-c2ccc(F)c(Br)c2)o1. The van der Waals surface area contributed by atoms with Gasteiger partial charge in [-0.15, -0.1) is 0 Å². The zero-order chi connectivity index (χ0) is 13.1. The van der Waals surface area contributed by atoms with Crippen LogP contribution >= 0.6 is 15.9 Å². The molecule has 0 aliphatic rings. The maximum absolute atomic E-state index is 13.2. The first-order chi connectivity index (χ1) is 8.61. The third-order valence-electron chi connectivity index (χ3n) is 2.77. The van der Waals surface area contributed by atoms with E-state index in [-0.39, 0.29) is 11.9 Å². The largest absolute Gasteiger partial charge is 0.459 e. The zero-order valence-corrected chi connectivity index (χ0v) is 11.9. The lowest BCUT2D eigenvalue weighted by atomic mass is 10.2. The summed E-state index contributed by atoms with van der Waals surface area (Å²) in [4.78, 5) is 0. The van der Waals surface area contributed by atoms with Crippen molar-refractivity contribution in [3.8, 4) is 11.3 Å².